The Kier molecular flexibility index (Phi) is 1.85. The van der Waals surface area contributed by atoms with Crippen LogP contribution in [-0.2, 0) is 9.47 Å². The summed E-state index contributed by atoms with van der Waals surface area (Å²) in [5.41, 5.74) is 0.875. The number of hydrogen-bond donors (Lipinski definition) is 0. The average molecular weight is 249 g/mol. The van der Waals surface area contributed by atoms with Gasteiger partial charge in [-0.1, -0.05) is 13.3 Å². The van der Waals surface area contributed by atoms with Crippen molar-refractivity contribution < 1.29 is 9.47 Å². The molecular weight excluding hydrogens is 226 g/mol. The molecule has 6 fully saturated rings. The van der Waals surface area contributed by atoms with E-state index in [2.05, 4.69) is 11.8 Å². The number of ether oxygens (including phenoxy) is 2. The highest BCUT2D eigenvalue weighted by Crippen LogP contribution is 2.69. The molecule has 0 aromatic carbocycles. The van der Waals surface area contributed by atoms with Gasteiger partial charge in [0.25, 0.3) is 0 Å². The molecule has 18 heavy (non-hydrogen) atoms. The van der Waals surface area contributed by atoms with Gasteiger partial charge in [-0.2, -0.15) is 0 Å². The van der Waals surface area contributed by atoms with Gasteiger partial charge in [0.1, 0.15) is 12.5 Å². The summed E-state index contributed by atoms with van der Waals surface area (Å²) in [5, 5.41) is 0. The summed E-state index contributed by atoms with van der Waals surface area (Å²) in [5.74, 6) is 0.857. The second-order valence-corrected chi connectivity index (χ2v) is 7.49. The zero-order valence-electron chi connectivity index (χ0n) is 11.2. The van der Waals surface area contributed by atoms with E-state index in [4.69, 9.17) is 9.47 Å². The molecule has 4 saturated heterocycles. The van der Waals surface area contributed by atoms with Crippen LogP contribution in [0.3, 0.4) is 0 Å². The van der Waals surface area contributed by atoms with Crippen molar-refractivity contribution in [2.24, 2.45) is 16.7 Å². The van der Waals surface area contributed by atoms with Crippen molar-refractivity contribution in [2.75, 3.05) is 13.2 Å². The lowest BCUT2D eigenvalue weighted by molar-refractivity contribution is -0.355. The van der Waals surface area contributed by atoms with Crippen molar-refractivity contribution in [3.8, 4) is 0 Å². The van der Waals surface area contributed by atoms with Crippen LogP contribution in [-0.4, -0.2) is 36.6 Å². The predicted octanol–water partition coefficient (Wildman–Crippen LogP) is 2.36. The highest BCUT2D eigenvalue weighted by molar-refractivity contribution is 5.15. The first-order valence-corrected chi connectivity index (χ1v) is 7.77. The smallest absolute Gasteiger partial charge is 0.119 e. The van der Waals surface area contributed by atoms with Gasteiger partial charge in [-0.15, -0.1) is 0 Å². The van der Waals surface area contributed by atoms with Crippen LogP contribution in [0.4, 0.5) is 0 Å². The fourth-order valence-electron chi connectivity index (χ4n) is 6.27. The van der Waals surface area contributed by atoms with Crippen molar-refractivity contribution in [1.29, 1.82) is 0 Å². The van der Waals surface area contributed by atoms with Crippen molar-refractivity contribution in [3.05, 3.63) is 0 Å². The molecule has 0 amide bonds. The van der Waals surface area contributed by atoms with Gasteiger partial charge in [0.2, 0.25) is 0 Å². The molecule has 0 radical (unpaired) electrons. The Bertz CT molecular complexity index is 396. The molecule has 1 unspecified atom stereocenters. The normalized spacial score (nSPS) is 61.8. The van der Waals surface area contributed by atoms with Crippen LogP contribution in [0.2, 0.25) is 0 Å². The van der Waals surface area contributed by atoms with Gasteiger partial charge in [-0.25, -0.2) is 4.90 Å². The van der Waals surface area contributed by atoms with E-state index in [0.717, 1.165) is 19.1 Å². The highest BCUT2D eigenvalue weighted by Gasteiger charge is 2.70. The van der Waals surface area contributed by atoms with Crippen molar-refractivity contribution in [3.63, 3.8) is 0 Å². The van der Waals surface area contributed by atoms with Gasteiger partial charge in [0.15, 0.2) is 0 Å². The van der Waals surface area contributed by atoms with Crippen LogP contribution < -0.4 is 0 Å². The molecule has 100 valence electrons. The lowest BCUT2D eigenvalue weighted by atomic mass is 9.45. The van der Waals surface area contributed by atoms with E-state index in [1.807, 2.05) is 0 Å². The topological polar surface area (TPSA) is 21.7 Å². The zero-order valence-corrected chi connectivity index (χ0v) is 11.2. The monoisotopic (exact) mass is 249 g/mol. The fraction of sp³-hybridized carbons (Fsp3) is 1.00. The summed E-state index contributed by atoms with van der Waals surface area (Å²) in [6.45, 7) is 4.51. The molecule has 0 aromatic rings. The summed E-state index contributed by atoms with van der Waals surface area (Å²) in [6, 6.07) is 0. The molecule has 2 saturated carbocycles. The number of piperidine rings is 1. The molecule has 4 heterocycles. The maximum atomic E-state index is 6.44. The Morgan fingerprint density at radius 2 is 2.11 bits per heavy atom. The lowest BCUT2D eigenvalue weighted by Crippen LogP contribution is -2.74. The Labute approximate surface area is 109 Å². The summed E-state index contributed by atoms with van der Waals surface area (Å²) in [6.07, 6.45) is 9.44. The fourth-order valence-corrected chi connectivity index (χ4v) is 6.27. The highest BCUT2D eigenvalue weighted by atomic mass is 16.6. The molecule has 5 bridgehead atoms. The summed E-state index contributed by atoms with van der Waals surface area (Å²) < 4.78 is 12.6. The van der Waals surface area contributed by atoms with Crippen LogP contribution in [0.1, 0.15) is 45.4 Å². The summed E-state index contributed by atoms with van der Waals surface area (Å²) in [7, 11) is 0. The first kappa shape index (κ1) is 10.6. The van der Waals surface area contributed by atoms with E-state index < -0.39 is 0 Å². The minimum absolute atomic E-state index is 0.347. The third kappa shape index (κ3) is 0.981. The second-order valence-electron chi connectivity index (χ2n) is 7.49. The molecule has 6 aliphatic rings. The largest absolute Gasteiger partial charge is 0.361 e. The van der Waals surface area contributed by atoms with Crippen LogP contribution in [0, 0.1) is 16.7 Å². The van der Waals surface area contributed by atoms with E-state index in [1.165, 1.54) is 38.5 Å². The van der Waals surface area contributed by atoms with Crippen LogP contribution in [0.5, 0.6) is 0 Å². The van der Waals surface area contributed by atoms with Gasteiger partial charge in [0, 0.05) is 17.4 Å². The summed E-state index contributed by atoms with van der Waals surface area (Å²) >= 11 is 0. The minimum atomic E-state index is 0.347. The lowest BCUT2D eigenvalue weighted by Gasteiger charge is -2.71. The quantitative estimate of drug-likeness (QED) is 0.658. The number of fused-ring (bicyclic) bond motifs is 3. The first-order chi connectivity index (χ1) is 8.74. The Balaban J connectivity index is 1.70. The third-order valence-corrected chi connectivity index (χ3v) is 6.88. The van der Waals surface area contributed by atoms with Crippen molar-refractivity contribution in [1.82, 2.24) is 4.90 Å². The maximum Gasteiger partial charge on any atom is 0.119 e. The molecule has 6 rings (SSSR count). The standard InChI is InChI=1S/C15H23NO2/c1-14-4-2-5-15-6-3-10(9-11(14)15)18-13(15)16-7-8-17-12(14)16/h10-13H,2-9H2,1H3/t10-,11+,12?,13+,14+,15+/m0/s1. The number of rotatable bonds is 0. The molecule has 3 nitrogen and oxygen atoms in total. The second kappa shape index (κ2) is 3.13. The van der Waals surface area contributed by atoms with Crippen molar-refractivity contribution >= 4 is 0 Å². The van der Waals surface area contributed by atoms with E-state index in [-0.39, 0.29) is 0 Å². The van der Waals surface area contributed by atoms with Gasteiger partial charge >= 0.3 is 0 Å². The molecule has 0 aromatic heterocycles. The first-order valence-electron chi connectivity index (χ1n) is 7.77. The van der Waals surface area contributed by atoms with Gasteiger partial charge in [-0.3, -0.25) is 0 Å². The van der Waals surface area contributed by atoms with E-state index in [0.29, 0.717) is 29.4 Å². The molecule has 2 aliphatic carbocycles. The molecule has 4 aliphatic heterocycles. The SMILES string of the molecule is C[C@@]12CCC[C@@]34CC[C@@H](C[C@@H]31)O[C@H]4N1CCOC12. The molecule has 3 heteroatoms. The van der Waals surface area contributed by atoms with E-state index >= 15 is 0 Å². The van der Waals surface area contributed by atoms with E-state index in [1.54, 1.807) is 0 Å². The van der Waals surface area contributed by atoms with Gasteiger partial charge in [-0.05, 0) is 38.0 Å². The number of hydrogen-bond acceptors (Lipinski definition) is 3. The minimum Gasteiger partial charge on any atom is -0.361 e. The van der Waals surface area contributed by atoms with Crippen LogP contribution in [0.15, 0.2) is 0 Å². The van der Waals surface area contributed by atoms with Gasteiger partial charge < -0.3 is 9.47 Å². The van der Waals surface area contributed by atoms with Crippen LogP contribution >= 0.6 is 0 Å². The molecular formula is C15H23NO2. The molecule has 1 spiro atoms. The van der Waals surface area contributed by atoms with E-state index in [9.17, 15) is 0 Å². The molecule has 0 N–H and O–H groups in total. The predicted molar refractivity (Wildman–Crippen MR) is 66.8 cm³/mol. The Morgan fingerprint density at radius 3 is 3.06 bits per heavy atom. The van der Waals surface area contributed by atoms with Gasteiger partial charge in [0.05, 0.1) is 12.7 Å². The van der Waals surface area contributed by atoms with Crippen molar-refractivity contribution in [2.45, 2.75) is 64.0 Å². The average Bonchev–Trinajstić information content (AvgIpc) is 2.86. The maximum absolute atomic E-state index is 6.44. The summed E-state index contributed by atoms with van der Waals surface area (Å²) in [4.78, 5) is 2.58. The molecule has 6 atom stereocenters. The Morgan fingerprint density at radius 1 is 1.17 bits per heavy atom. The third-order valence-electron chi connectivity index (χ3n) is 6.88. The zero-order chi connectivity index (χ0) is 12.0. The number of nitrogens with zero attached hydrogens (tertiary/aromatic N) is 1. The Hall–Kier alpha value is -0.120. The van der Waals surface area contributed by atoms with Crippen LogP contribution in [0.25, 0.3) is 0 Å².